The summed E-state index contributed by atoms with van der Waals surface area (Å²) in [5.41, 5.74) is 5.70. The molecule has 104 valence electrons. The van der Waals surface area contributed by atoms with E-state index in [9.17, 15) is 14.7 Å². The zero-order valence-electron chi connectivity index (χ0n) is 11.0. The molecule has 5 nitrogen and oxygen atoms in total. The van der Waals surface area contributed by atoms with Crippen molar-refractivity contribution < 1.29 is 14.7 Å². The minimum atomic E-state index is -0.930. The van der Waals surface area contributed by atoms with Crippen molar-refractivity contribution in [3.63, 3.8) is 0 Å². The molecule has 1 fully saturated rings. The van der Waals surface area contributed by atoms with Gasteiger partial charge in [-0.25, -0.2) is 4.79 Å². The van der Waals surface area contributed by atoms with Crippen molar-refractivity contribution in [3.05, 3.63) is 0 Å². The largest absolute Gasteiger partial charge is 0.480 e. The monoisotopic (exact) mass is 256 g/mol. The number of amides is 1. The van der Waals surface area contributed by atoms with E-state index in [0.29, 0.717) is 6.42 Å². The third-order valence-electron chi connectivity index (χ3n) is 3.68. The Morgan fingerprint density at radius 3 is 2.44 bits per heavy atom. The molecular weight excluding hydrogens is 232 g/mol. The SMILES string of the molecule is CCC(N)CC(=O)NC(C(=O)O)C1CCCCC1. The smallest absolute Gasteiger partial charge is 0.326 e. The summed E-state index contributed by atoms with van der Waals surface area (Å²) in [5, 5.41) is 11.9. The van der Waals surface area contributed by atoms with Crippen LogP contribution in [0.4, 0.5) is 0 Å². The van der Waals surface area contributed by atoms with Gasteiger partial charge in [-0.2, -0.15) is 0 Å². The Morgan fingerprint density at radius 2 is 1.94 bits per heavy atom. The van der Waals surface area contributed by atoms with Gasteiger partial charge in [0.25, 0.3) is 0 Å². The van der Waals surface area contributed by atoms with Crippen molar-refractivity contribution in [3.8, 4) is 0 Å². The van der Waals surface area contributed by atoms with E-state index in [2.05, 4.69) is 5.32 Å². The molecule has 1 aliphatic carbocycles. The number of carboxylic acids is 1. The van der Waals surface area contributed by atoms with E-state index in [1.165, 1.54) is 0 Å². The van der Waals surface area contributed by atoms with Gasteiger partial charge in [0.15, 0.2) is 0 Å². The zero-order valence-corrected chi connectivity index (χ0v) is 11.0. The van der Waals surface area contributed by atoms with E-state index in [-0.39, 0.29) is 24.3 Å². The molecule has 0 bridgehead atoms. The molecule has 5 heteroatoms. The van der Waals surface area contributed by atoms with E-state index >= 15 is 0 Å². The molecule has 1 aliphatic rings. The highest BCUT2D eigenvalue weighted by atomic mass is 16.4. The summed E-state index contributed by atoms with van der Waals surface area (Å²) < 4.78 is 0. The Labute approximate surface area is 108 Å². The quantitative estimate of drug-likeness (QED) is 0.667. The molecule has 1 rings (SSSR count). The van der Waals surface area contributed by atoms with Crippen molar-refractivity contribution >= 4 is 11.9 Å². The fraction of sp³-hybridized carbons (Fsp3) is 0.846. The fourth-order valence-corrected chi connectivity index (χ4v) is 2.46. The van der Waals surface area contributed by atoms with Gasteiger partial charge in [0.1, 0.15) is 6.04 Å². The lowest BCUT2D eigenvalue weighted by atomic mass is 9.84. The van der Waals surface area contributed by atoms with E-state index in [1.54, 1.807) is 0 Å². The standard InChI is InChI=1S/C13H24N2O3/c1-2-10(14)8-11(16)15-12(13(17)18)9-6-4-3-5-7-9/h9-10,12H,2-8,14H2,1H3,(H,15,16)(H,17,18). The number of carbonyl (C=O) groups excluding carboxylic acids is 1. The Kier molecular flexibility index (Phi) is 6.12. The third-order valence-corrected chi connectivity index (χ3v) is 3.68. The highest BCUT2D eigenvalue weighted by molar-refractivity contribution is 5.84. The highest BCUT2D eigenvalue weighted by Crippen LogP contribution is 2.26. The number of hydrogen-bond acceptors (Lipinski definition) is 3. The van der Waals surface area contributed by atoms with Crippen molar-refractivity contribution in [2.45, 2.75) is 64.0 Å². The van der Waals surface area contributed by atoms with Crippen LogP contribution >= 0.6 is 0 Å². The molecule has 0 aliphatic heterocycles. The molecule has 0 aromatic heterocycles. The van der Waals surface area contributed by atoms with Crippen LogP contribution in [0.2, 0.25) is 0 Å². The fourth-order valence-electron chi connectivity index (χ4n) is 2.46. The minimum Gasteiger partial charge on any atom is -0.480 e. The molecule has 0 aromatic rings. The molecule has 1 amide bonds. The second kappa shape index (κ2) is 7.36. The van der Waals surface area contributed by atoms with Crippen molar-refractivity contribution in [2.24, 2.45) is 11.7 Å². The van der Waals surface area contributed by atoms with Crippen LogP contribution in [0.15, 0.2) is 0 Å². The molecule has 2 unspecified atom stereocenters. The molecule has 1 saturated carbocycles. The first kappa shape index (κ1) is 15.0. The van der Waals surface area contributed by atoms with Gasteiger partial charge in [-0.1, -0.05) is 26.2 Å². The lowest BCUT2D eigenvalue weighted by Crippen LogP contribution is -2.47. The minimum absolute atomic E-state index is 0.0676. The maximum atomic E-state index is 11.7. The summed E-state index contributed by atoms with van der Waals surface area (Å²) in [4.78, 5) is 23.0. The van der Waals surface area contributed by atoms with Gasteiger partial charge in [0.2, 0.25) is 5.91 Å². The van der Waals surface area contributed by atoms with Gasteiger partial charge >= 0.3 is 5.97 Å². The Hall–Kier alpha value is -1.10. The molecular formula is C13H24N2O3. The van der Waals surface area contributed by atoms with E-state index < -0.39 is 12.0 Å². The second-order valence-corrected chi connectivity index (χ2v) is 5.15. The normalized spacial score (nSPS) is 20.1. The van der Waals surface area contributed by atoms with Crippen LogP contribution in [0, 0.1) is 5.92 Å². The Balaban J connectivity index is 2.51. The van der Waals surface area contributed by atoms with Crippen LogP contribution in [0.25, 0.3) is 0 Å². The van der Waals surface area contributed by atoms with Gasteiger partial charge in [-0.3, -0.25) is 4.79 Å². The van der Waals surface area contributed by atoms with Crippen molar-refractivity contribution in [1.29, 1.82) is 0 Å². The van der Waals surface area contributed by atoms with Gasteiger partial charge in [0.05, 0.1) is 0 Å². The Bertz CT molecular complexity index is 288. The first-order valence-electron chi connectivity index (χ1n) is 6.82. The number of rotatable bonds is 6. The predicted molar refractivity (Wildman–Crippen MR) is 69.0 cm³/mol. The molecule has 0 heterocycles. The average molecular weight is 256 g/mol. The summed E-state index contributed by atoms with van der Waals surface area (Å²) in [5.74, 6) is -1.11. The van der Waals surface area contributed by atoms with Gasteiger partial charge in [-0.05, 0) is 25.2 Å². The van der Waals surface area contributed by atoms with Crippen LogP contribution in [0.3, 0.4) is 0 Å². The lowest BCUT2D eigenvalue weighted by molar-refractivity contribution is -0.144. The molecule has 0 radical (unpaired) electrons. The number of hydrogen-bond donors (Lipinski definition) is 3. The lowest BCUT2D eigenvalue weighted by Gasteiger charge is -2.28. The summed E-state index contributed by atoms with van der Waals surface area (Å²) in [7, 11) is 0. The molecule has 4 N–H and O–H groups in total. The summed E-state index contributed by atoms with van der Waals surface area (Å²) in [6, 6.07) is -0.937. The molecule has 18 heavy (non-hydrogen) atoms. The summed E-state index contributed by atoms with van der Waals surface area (Å²) in [6.45, 7) is 1.91. The van der Waals surface area contributed by atoms with Crippen molar-refractivity contribution in [1.82, 2.24) is 5.32 Å². The van der Waals surface area contributed by atoms with Crippen LogP contribution < -0.4 is 11.1 Å². The summed E-state index contributed by atoms with van der Waals surface area (Å²) in [6.07, 6.45) is 5.96. The van der Waals surface area contributed by atoms with Gasteiger partial charge in [0, 0.05) is 12.5 Å². The third kappa shape index (κ3) is 4.64. The maximum Gasteiger partial charge on any atom is 0.326 e. The molecule has 2 atom stereocenters. The zero-order chi connectivity index (χ0) is 13.5. The predicted octanol–water partition coefficient (Wildman–Crippen LogP) is 1.26. The second-order valence-electron chi connectivity index (χ2n) is 5.15. The molecule has 0 spiro atoms. The number of carbonyl (C=O) groups is 2. The first-order valence-corrected chi connectivity index (χ1v) is 6.82. The number of aliphatic carboxylic acids is 1. The number of carboxylic acid groups (broad SMARTS) is 1. The summed E-state index contributed by atoms with van der Waals surface area (Å²) >= 11 is 0. The van der Waals surface area contributed by atoms with Gasteiger partial charge in [-0.15, -0.1) is 0 Å². The van der Waals surface area contributed by atoms with Crippen molar-refractivity contribution in [2.75, 3.05) is 0 Å². The molecule has 0 aromatic carbocycles. The van der Waals surface area contributed by atoms with Crippen LogP contribution in [-0.4, -0.2) is 29.1 Å². The van der Waals surface area contributed by atoms with Crippen LogP contribution in [0.5, 0.6) is 0 Å². The maximum absolute atomic E-state index is 11.7. The first-order chi connectivity index (χ1) is 8.54. The average Bonchev–Trinajstić information content (AvgIpc) is 2.36. The Morgan fingerprint density at radius 1 is 1.33 bits per heavy atom. The van der Waals surface area contributed by atoms with E-state index in [1.807, 2.05) is 6.92 Å². The highest BCUT2D eigenvalue weighted by Gasteiger charge is 2.30. The van der Waals surface area contributed by atoms with E-state index in [0.717, 1.165) is 32.1 Å². The van der Waals surface area contributed by atoms with E-state index in [4.69, 9.17) is 5.73 Å². The van der Waals surface area contributed by atoms with Crippen LogP contribution in [0.1, 0.15) is 51.9 Å². The van der Waals surface area contributed by atoms with Gasteiger partial charge < -0.3 is 16.2 Å². The number of nitrogens with two attached hydrogens (primary N) is 1. The molecule has 0 saturated heterocycles. The number of nitrogens with one attached hydrogen (secondary N) is 1. The van der Waals surface area contributed by atoms with Crippen LogP contribution in [-0.2, 0) is 9.59 Å². The topological polar surface area (TPSA) is 92.4 Å².